The van der Waals surface area contributed by atoms with Gasteiger partial charge >= 0.3 is 0 Å². The number of benzene rings is 3. The summed E-state index contributed by atoms with van der Waals surface area (Å²) in [5, 5.41) is 7.14. The van der Waals surface area contributed by atoms with Gasteiger partial charge in [0.2, 0.25) is 0 Å². The van der Waals surface area contributed by atoms with Gasteiger partial charge in [-0.25, -0.2) is 0 Å². The van der Waals surface area contributed by atoms with E-state index in [1.807, 2.05) is 74.5 Å². The monoisotopic (exact) mass is 428 g/mol. The van der Waals surface area contributed by atoms with E-state index >= 15 is 0 Å². The van der Waals surface area contributed by atoms with E-state index in [9.17, 15) is 4.79 Å². The Balaban J connectivity index is 1.52. The maximum Gasteiger partial charge on any atom is 0.256 e. The quantitative estimate of drug-likeness (QED) is 0.345. The molecule has 31 heavy (non-hydrogen) atoms. The number of amides is 1. The Kier molecular flexibility index (Phi) is 6.53. The standard InChI is InChI=1S/C26H24N2O2S/c1-18-23(19(2)30-28-18)17-31-25-15-9-7-13-22(25)26(29)27-24-14-8-6-12-21(24)16-20-10-4-3-5-11-20/h3-15H,16-17H2,1-2H3,(H,27,29). The summed E-state index contributed by atoms with van der Waals surface area (Å²) in [5.41, 5.74) is 5.76. The zero-order chi connectivity index (χ0) is 21.6. The number of nitrogens with one attached hydrogen (secondary N) is 1. The van der Waals surface area contributed by atoms with Crippen LogP contribution in [0.2, 0.25) is 0 Å². The number of aromatic nitrogens is 1. The van der Waals surface area contributed by atoms with Crippen molar-refractivity contribution in [2.45, 2.75) is 30.9 Å². The van der Waals surface area contributed by atoms with Crippen LogP contribution < -0.4 is 5.32 Å². The molecule has 4 aromatic rings. The number of aryl methyl sites for hydroxylation is 2. The van der Waals surface area contributed by atoms with Crippen molar-refractivity contribution in [3.63, 3.8) is 0 Å². The normalized spacial score (nSPS) is 10.8. The summed E-state index contributed by atoms with van der Waals surface area (Å²) < 4.78 is 5.26. The summed E-state index contributed by atoms with van der Waals surface area (Å²) in [6.45, 7) is 3.85. The predicted molar refractivity (Wildman–Crippen MR) is 126 cm³/mol. The van der Waals surface area contributed by atoms with E-state index in [1.54, 1.807) is 11.8 Å². The molecule has 4 rings (SSSR count). The highest BCUT2D eigenvalue weighted by molar-refractivity contribution is 7.98. The average Bonchev–Trinajstić information content (AvgIpc) is 3.11. The fraction of sp³-hybridized carbons (Fsp3) is 0.154. The van der Waals surface area contributed by atoms with Crippen LogP contribution in [-0.2, 0) is 12.2 Å². The zero-order valence-corrected chi connectivity index (χ0v) is 18.4. The first-order valence-electron chi connectivity index (χ1n) is 10.2. The number of carbonyl (C=O) groups excluding carboxylic acids is 1. The Morgan fingerprint density at radius 1 is 0.935 bits per heavy atom. The highest BCUT2D eigenvalue weighted by Crippen LogP contribution is 2.29. The van der Waals surface area contributed by atoms with Crippen LogP contribution in [0.25, 0.3) is 0 Å². The van der Waals surface area contributed by atoms with E-state index in [-0.39, 0.29) is 5.91 Å². The third-order valence-electron chi connectivity index (χ3n) is 5.19. The molecule has 1 aromatic heterocycles. The van der Waals surface area contributed by atoms with Crippen LogP contribution >= 0.6 is 11.8 Å². The molecule has 0 atom stereocenters. The lowest BCUT2D eigenvalue weighted by atomic mass is 10.0. The van der Waals surface area contributed by atoms with Crippen molar-refractivity contribution in [1.29, 1.82) is 0 Å². The molecule has 1 heterocycles. The summed E-state index contributed by atoms with van der Waals surface area (Å²) in [7, 11) is 0. The molecule has 3 aromatic carbocycles. The molecule has 0 aliphatic rings. The van der Waals surface area contributed by atoms with Crippen molar-refractivity contribution < 1.29 is 9.32 Å². The van der Waals surface area contributed by atoms with Crippen LogP contribution in [0.4, 0.5) is 5.69 Å². The minimum absolute atomic E-state index is 0.109. The fourth-order valence-corrected chi connectivity index (χ4v) is 4.64. The van der Waals surface area contributed by atoms with Crippen molar-refractivity contribution in [3.05, 3.63) is 113 Å². The average molecular weight is 429 g/mol. The van der Waals surface area contributed by atoms with Gasteiger partial charge in [0.05, 0.1) is 11.3 Å². The van der Waals surface area contributed by atoms with Gasteiger partial charge < -0.3 is 9.84 Å². The molecule has 0 fully saturated rings. The molecule has 0 radical (unpaired) electrons. The van der Waals surface area contributed by atoms with Gasteiger partial charge in [-0.15, -0.1) is 11.8 Å². The first-order chi connectivity index (χ1) is 15.1. The minimum atomic E-state index is -0.109. The van der Waals surface area contributed by atoms with Crippen molar-refractivity contribution in [1.82, 2.24) is 5.16 Å². The number of rotatable bonds is 7. The van der Waals surface area contributed by atoms with Gasteiger partial charge in [-0.2, -0.15) is 0 Å². The number of nitrogens with zero attached hydrogens (tertiary/aromatic N) is 1. The molecule has 0 bridgehead atoms. The van der Waals surface area contributed by atoms with Crippen molar-refractivity contribution >= 4 is 23.4 Å². The van der Waals surface area contributed by atoms with Gasteiger partial charge in [0.1, 0.15) is 5.76 Å². The van der Waals surface area contributed by atoms with Crippen LogP contribution in [0.1, 0.15) is 38.5 Å². The summed E-state index contributed by atoms with van der Waals surface area (Å²) in [5.74, 6) is 1.42. The molecule has 1 N–H and O–H groups in total. The second-order valence-electron chi connectivity index (χ2n) is 7.36. The third-order valence-corrected chi connectivity index (χ3v) is 6.29. The first-order valence-corrected chi connectivity index (χ1v) is 11.2. The van der Waals surface area contributed by atoms with E-state index in [0.29, 0.717) is 11.3 Å². The third kappa shape index (κ3) is 5.06. The van der Waals surface area contributed by atoms with Gasteiger partial charge in [-0.1, -0.05) is 65.8 Å². The molecule has 4 nitrogen and oxygen atoms in total. The molecule has 0 saturated carbocycles. The van der Waals surface area contributed by atoms with Gasteiger partial charge in [-0.05, 0) is 49.6 Å². The number of para-hydroxylation sites is 1. The van der Waals surface area contributed by atoms with E-state index in [2.05, 4.69) is 28.7 Å². The Bertz CT molecular complexity index is 1170. The zero-order valence-electron chi connectivity index (χ0n) is 17.6. The summed E-state index contributed by atoms with van der Waals surface area (Å²) >= 11 is 1.62. The Hall–Kier alpha value is -3.31. The molecule has 0 aliphatic heterocycles. The highest BCUT2D eigenvalue weighted by Gasteiger charge is 2.15. The van der Waals surface area contributed by atoms with Crippen LogP contribution in [-0.4, -0.2) is 11.1 Å². The van der Waals surface area contributed by atoms with Crippen LogP contribution in [0, 0.1) is 13.8 Å². The second kappa shape index (κ2) is 9.67. The van der Waals surface area contributed by atoms with E-state index in [0.717, 1.165) is 39.6 Å². The fourth-order valence-electron chi connectivity index (χ4n) is 3.44. The summed E-state index contributed by atoms with van der Waals surface area (Å²) in [6.07, 6.45) is 0.764. The summed E-state index contributed by atoms with van der Waals surface area (Å²) in [4.78, 5) is 14.1. The van der Waals surface area contributed by atoms with E-state index < -0.39 is 0 Å². The Labute approximate surface area is 186 Å². The van der Waals surface area contributed by atoms with E-state index in [1.165, 1.54) is 5.56 Å². The van der Waals surface area contributed by atoms with Crippen LogP contribution in [0.5, 0.6) is 0 Å². The second-order valence-corrected chi connectivity index (χ2v) is 8.38. The smallest absolute Gasteiger partial charge is 0.256 e. The lowest BCUT2D eigenvalue weighted by molar-refractivity contribution is 0.102. The Morgan fingerprint density at radius 3 is 2.42 bits per heavy atom. The molecule has 0 unspecified atom stereocenters. The largest absolute Gasteiger partial charge is 0.361 e. The molecular formula is C26H24N2O2S. The molecular weight excluding hydrogens is 404 g/mol. The SMILES string of the molecule is Cc1noc(C)c1CSc1ccccc1C(=O)Nc1ccccc1Cc1ccccc1. The molecule has 1 amide bonds. The molecule has 156 valence electrons. The molecule has 5 heteroatoms. The topological polar surface area (TPSA) is 55.1 Å². The van der Waals surface area contributed by atoms with Gasteiger partial charge in [0.25, 0.3) is 5.91 Å². The molecule has 0 spiro atoms. The lowest BCUT2D eigenvalue weighted by Crippen LogP contribution is -2.14. The minimum Gasteiger partial charge on any atom is -0.361 e. The number of thioether (sulfide) groups is 1. The van der Waals surface area contributed by atoms with Crippen LogP contribution in [0.3, 0.4) is 0 Å². The summed E-state index contributed by atoms with van der Waals surface area (Å²) in [6, 6.07) is 25.9. The maximum atomic E-state index is 13.2. The molecule has 0 aliphatic carbocycles. The number of hydrogen-bond acceptors (Lipinski definition) is 4. The highest BCUT2D eigenvalue weighted by atomic mass is 32.2. The number of hydrogen-bond donors (Lipinski definition) is 1. The molecule has 0 saturated heterocycles. The predicted octanol–water partition coefficient (Wildman–Crippen LogP) is 6.43. The lowest BCUT2D eigenvalue weighted by Gasteiger charge is -2.13. The van der Waals surface area contributed by atoms with Crippen molar-refractivity contribution in [2.75, 3.05) is 5.32 Å². The Morgan fingerprint density at radius 2 is 1.65 bits per heavy atom. The van der Waals surface area contributed by atoms with Crippen LogP contribution in [0.15, 0.2) is 88.3 Å². The van der Waals surface area contributed by atoms with Gasteiger partial charge in [0.15, 0.2) is 0 Å². The number of carbonyl (C=O) groups is 1. The maximum absolute atomic E-state index is 13.2. The van der Waals surface area contributed by atoms with Crippen molar-refractivity contribution in [2.24, 2.45) is 0 Å². The first kappa shape index (κ1) is 20.9. The van der Waals surface area contributed by atoms with Gasteiger partial charge in [-0.3, -0.25) is 4.79 Å². The van der Waals surface area contributed by atoms with E-state index in [4.69, 9.17) is 4.52 Å². The van der Waals surface area contributed by atoms with Gasteiger partial charge in [0, 0.05) is 21.9 Å². The van der Waals surface area contributed by atoms with Crippen molar-refractivity contribution in [3.8, 4) is 0 Å². The number of anilines is 1.